The number of hydrogen-bond donors (Lipinski definition) is 0. The predicted molar refractivity (Wildman–Crippen MR) is 45.6 cm³/mol. The first-order valence-electron chi connectivity index (χ1n) is 2.52. The average molecular weight is 264 g/mol. The van der Waals surface area contributed by atoms with E-state index >= 15 is 0 Å². The molecule has 0 bridgehead atoms. The van der Waals surface area contributed by atoms with E-state index in [9.17, 15) is 0 Å². The summed E-state index contributed by atoms with van der Waals surface area (Å²) in [6.45, 7) is 3.01. The number of unbranched alkanes of at least 4 members (excludes halogenated alkanes) is 1. The Labute approximate surface area is 67.5 Å². The number of halogens is 2. The van der Waals surface area contributed by atoms with E-state index in [0.29, 0.717) is 0 Å². The third-order valence-corrected chi connectivity index (χ3v) is 2.29. The molecule has 0 spiro atoms. The summed E-state index contributed by atoms with van der Waals surface area (Å²) in [4.78, 5) is 0. The fourth-order valence-electron chi connectivity index (χ4n) is 0.278. The van der Waals surface area contributed by atoms with Gasteiger partial charge < -0.3 is 4.52 Å². The summed E-state index contributed by atoms with van der Waals surface area (Å²) in [6, 6.07) is 0. The van der Waals surface area contributed by atoms with Crippen LogP contribution in [0.25, 0.3) is 0 Å². The maximum absolute atomic E-state index is 5.18. The van der Waals surface area contributed by atoms with Gasteiger partial charge >= 0.3 is 0 Å². The van der Waals surface area contributed by atoms with Gasteiger partial charge in [-0.1, -0.05) is 13.3 Å². The molecule has 0 radical (unpaired) electrons. The van der Waals surface area contributed by atoms with Gasteiger partial charge in [0.15, 0.2) is 5.55 Å². The monoisotopic (exact) mass is 262 g/mol. The molecule has 0 fully saturated rings. The third-order valence-electron chi connectivity index (χ3n) is 0.687. The van der Waals surface area contributed by atoms with E-state index in [-0.39, 0.29) is 0 Å². The van der Waals surface area contributed by atoms with Gasteiger partial charge in [0.2, 0.25) is 0 Å². The molecule has 0 aromatic rings. The highest BCUT2D eigenvalue weighted by Crippen LogP contribution is 2.52. The molecule has 1 nitrogen and oxygen atoms in total. The van der Waals surface area contributed by atoms with Crippen LogP contribution in [0.4, 0.5) is 0 Å². The second kappa shape index (κ2) is 6.47. The minimum Gasteiger partial charge on any atom is -0.338 e. The van der Waals surface area contributed by atoms with Crippen molar-refractivity contribution in [2.24, 2.45) is 0 Å². The lowest BCUT2D eigenvalue weighted by atomic mass is 10.4. The van der Waals surface area contributed by atoms with Crippen LogP contribution in [0.3, 0.4) is 0 Å². The lowest BCUT2D eigenvalue weighted by Crippen LogP contribution is -1.81. The molecule has 50 valence electrons. The van der Waals surface area contributed by atoms with E-state index in [4.69, 9.17) is 4.52 Å². The van der Waals surface area contributed by atoms with Crippen LogP contribution < -0.4 is 0 Å². The standard InChI is InChI=1S/C4H9Br2OP/c1-2-3-4-7-8(5)6/h2-4H2,1H3. The minimum absolute atomic E-state index is 0.487. The molecule has 4 heteroatoms. The van der Waals surface area contributed by atoms with Crippen LogP contribution in [0.5, 0.6) is 0 Å². The second-order valence-electron chi connectivity index (χ2n) is 1.39. The summed E-state index contributed by atoms with van der Waals surface area (Å²) >= 11 is 6.53. The Morgan fingerprint density at radius 3 is 2.50 bits per heavy atom. The molecule has 0 N–H and O–H groups in total. The van der Waals surface area contributed by atoms with Gasteiger partial charge in [0, 0.05) is 0 Å². The van der Waals surface area contributed by atoms with Gasteiger partial charge in [-0.3, -0.25) is 0 Å². The maximum atomic E-state index is 5.18. The van der Waals surface area contributed by atoms with E-state index in [0.717, 1.165) is 13.0 Å². The van der Waals surface area contributed by atoms with Crippen LogP contribution in [0.1, 0.15) is 19.8 Å². The molecule has 0 atom stereocenters. The smallest absolute Gasteiger partial charge is 0.170 e. The van der Waals surface area contributed by atoms with E-state index < -0.39 is 5.55 Å². The summed E-state index contributed by atoms with van der Waals surface area (Å²) in [5.74, 6) is 0. The topological polar surface area (TPSA) is 9.23 Å². The van der Waals surface area contributed by atoms with Crippen LogP contribution in [0.15, 0.2) is 0 Å². The van der Waals surface area contributed by atoms with Crippen LogP contribution in [-0.4, -0.2) is 6.61 Å². The molecule has 0 saturated carbocycles. The average Bonchev–Trinajstić information content (AvgIpc) is 1.66. The largest absolute Gasteiger partial charge is 0.338 e. The number of rotatable bonds is 4. The van der Waals surface area contributed by atoms with Crippen molar-refractivity contribution in [1.82, 2.24) is 0 Å². The Kier molecular flexibility index (Phi) is 7.56. The highest BCUT2D eigenvalue weighted by atomic mass is 79.9. The van der Waals surface area contributed by atoms with Crippen molar-refractivity contribution in [2.45, 2.75) is 19.8 Å². The predicted octanol–water partition coefficient (Wildman–Crippen LogP) is 3.82. The Balaban J connectivity index is 2.72. The zero-order valence-corrected chi connectivity index (χ0v) is 8.80. The fourth-order valence-corrected chi connectivity index (χ4v) is 1.41. The van der Waals surface area contributed by atoms with Crippen molar-refractivity contribution in [1.29, 1.82) is 0 Å². The first-order chi connectivity index (χ1) is 3.77. The molecule has 0 aliphatic rings. The van der Waals surface area contributed by atoms with Crippen molar-refractivity contribution in [2.75, 3.05) is 6.61 Å². The Morgan fingerprint density at radius 2 is 2.12 bits per heavy atom. The summed E-state index contributed by atoms with van der Waals surface area (Å²) in [7, 11) is 0. The van der Waals surface area contributed by atoms with Crippen LogP contribution >= 0.6 is 36.5 Å². The summed E-state index contributed by atoms with van der Waals surface area (Å²) in [5, 5.41) is 0. The van der Waals surface area contributed by atoms with E-state index in [1.807, 2.05) is 0 Å². The SMILES string of the molecule is CCCCOP(Br)Br. The molecule has 0 amide bonds. The molecule has 0 unspecified atom stereocenters. The lowest BCUT2D eigenvalue weighted by Gasteiger charge is -2.00. The molecule has 0 heterocycles. The summed E-state index contributed by atoms with van der Waals surface area (Å²) in [6.07, 6.45) is 2.35. The van der Waals surface area contributed by atoms with Crippen molar-refractivity contribution in [3.05, 3.63) is 0 Å². The molecule has 8 heavy (non-hydrogen) atoms. The second-order valence-corrected chi connectivity index (χ2v) is 8.77. The molecular weight excluding hydrogens is 255 g/mol. The number of hydrogen-bond acceptors (Lipinski definition) is 1. The molecule has 0 aliphatic heterocycles. The van der Waals surface area contributed by atoms with Crippen molar-refractivity contribution in [3.8, 4) is 0 Å². The molecule has 0 saturated heterocycles. The van der Waals surface area contributed by atoms with E-state index in [1.165, 1.54) is 6.42 Å². The molecule has 0 aliphatic carbocycles. The molecule has 0 aromatic carbocycles. The van der Waals surface area contributed by atoms with Gasteiger partial charge in [0.05, 0.1) is 6.61 Å². The van der Waals surface area contributed by atoms with E-state index in [2.05, 4.69) is 37.9 Å². The summed E-state index contributed by atoms with van der Waals surface area (Å²) in [5.41, 5.74) is -0.487. The lowest BCUT2D eigenvalue weighted by molar-refractivity contribution is 0.357. The van der Waals surface area contributed by atoms with Crippen LogP contribution in [0.2, 0.25) is 0 Å². The van der Waals surface area contributed by atoms with Gasteiger partial charge in [-0.05, 0) is 37.4 Å². The first kappa shape index (κ1) is 9.35. The Hall–Kier alpha value is 1.35. The van der Waals surface area contributed by atoms with Gasteiger partial charge in [0.25, 0.3) is 0 Å². The highest BCUT2D eigenvalue weighted by molar-refractivity contribution is 9.68. The Morgan fingerprint density at radius 1 is 1.50 bits per heavy atom. The van der Waals surface area contributed by atoms with Crippen molar-refractivity contribution >= 4 is 36.5 Å². The highest BCUT2D eigenvalue weighted by Gasteiger charge is 1.94. The van der Waals surface area contributed by atoms with Gasteiger partial charge in [-0.2, -0.15) is 0 Å². The molecular formula is C4H9Br2OP. The zero-order valence-electron chi connectivity index (χ0n) is 4.73. The van der Waals surface area contributed by atoms with Crippen LogP contribution in [-0.2, 0) is 4.52 Å². The van der Waals surface area contributed by atoms with Gasteiger partial charge in [0.1, 0.15) is 0 Å². The van der Waals surface area contributed by atoms with Gasteiger partial charge in [-0.15, -0.1) is 0 Å². The quantitative estimate of drug-likeness (QED) is 0.554. The normalized spacial score (nSPS) is 10.5. The third kappa shape index (κ3) is 7.35. The van der Waals surface area contributed by atoms with E-state index in [1.54, 1.807) is 0 Å². The minimum atomic E-state index is -0.487. The zero-order chi connectivity index (χ0) is 6.41. The van der Waals surface area contributed by atoms with Crippen molar-refractivity contribution in [3.63, 3.8) is 0 Å². The van der Waals surface area contributed by atoms with Crippen LogP contribution in [0, 0.1) is 0 Å². The summed E-state index contributed by atoms with van der Waals surface area (Å²) < 4.78 is 5.18. The Bertz CT molecular complexity index is 51.3. The molecule has 0 rings (SSSR count). The van der Waals surface area contributed by atoms with Crippen molar-refractivity contribution < 1.29 is 4.52 Å². The van der Waals surface area contributed by atoms with Gasteiger partial charge in [-0.25, -0.2) is 0 Å². The molecule has 0 aromatic heterocycles. The maximum Gasteiger partial charge on any atom is 0.170 e. The first-order valence-corrected chi connectivity index (χ1v) is 7.81. The fraction of sp³-hybridized carbons (Fsp3) is 1.00.